The maximum absolute atomic E-state index is 13.2. The minimum Gasteiger partial charge on any atom is -0.325 e. The van der Waals surface area contributed by atoms with E-state index in [4.69, 9.17) is 0 Å². The standard InChI is InChI=1S/C18H15FN2OS2/c1-12(17(22)20-15-9-5-8-14(19)10-15)24-18-21-16(11-23-18)13-6-3-2-4-7-13/h2-12H,1H3,(H,20,22)/t12-/m0/s1. The van der Waals surface area contributed by atoms with E-state index in [-0.39, 0.29) is 17.0 Å². The third kappa shape index (κ3) is 4.21. The van der Waals surface area contributed by atoms with Gasteiger partial charge in [0.2, 0.25) is 5.91 Å². The van der Waals surface area contributed by atoms with E-state index < -0.39 is 0 Å². The molecule has 0 saturated carbocycles. The fourth-order valence-corrected chi connectivity index (χ4v) is 4.04. The second kappa shape index (κ2) is 7.59. The largest absolute Gasteiger partial charge is 0.325 e. The van der Waals surface area contributed by atoms with Crippen molar-refractivity contribution in [2.75, 3.05) is 5.32 Å². The Morgan fingerprint density at radius 1 is 1.21 bits per heavy atom. The smallest absolute Gasteiger partial charge is 0.237 e. The number of nitrogens with one attached hydrogen (secondary N) is 1. The van der Waals surface area contributed by atoms with Gasteiger partial charge in [-0.25, -0.2) is 9.37 Å². The van der Waals surface area contributed by atoms with Crippen molar-refractivity contribution in [3.63, 3.8) is 0 Å². The summed E-state index contributed by atoms with van der Waals surface area (Å²) in [6.45, 7) is 1.81. The van der Waals surface area contributed by atoms with Crippen molar-refractivity contribution in [3.8, 4) is 11.3 Å². The van der Waals surface area contributed by atoms with E-state index in [1.54, 1.807) is 12.1 Å². The van der Waals surface area contributed by atoms with Crippen LogP contribution in [0, 0.1) is 5.82 Å². The van der Waals surface area contributed by atoms with Gasteiger partial charge in [0, 0.05) is 16.6 Å². The summed E-state index contributed by atoms with van der Waals surface area (Å²) in [7, 11) is 0. The highest BCUT2D eigenvalue weighted by Gasteiger charge is 2.17. The molecule has 0 aliphatic heterocycles. The van der Waals surface area contributed by atoms with E-state index in [2.05, 4.69) is 10.3 Å². The molecule has 1 aromatic heterocycles. The summed E-state index contributed by atoms with van der Waals surface area (Å²) in [4.78, 5) is 16.8. The summed E-state index contributed by atoms with van der Waals surface area (Å²) in [5, 5.41) is 4.37. The number of benzene rings is 2. The zero-order valence-corrected chi connectivity index (χ0v) is 14.5. The molecule has 1 amide bonds. The van der Waals surface area contributed by atoms with E-state index in [9.17, 15) is 9.18 Å². The van der Waals surface area contributed by atoms with Crippen LogP contribution in [0.15, 0.2) is 64.3 Å². The Balaban J connectivity index is 1.63. The Morgan fingerprint density at radius 3 is 2.75 bits per heavy atom. The average Bonchev–Trinajstić information content (AvgIpc) is 3.04. The maximum atomic E-state index is 13.2. The Morgan fingerprint density at radius 2 is 2.00 bits per heavy atom. The third-order valence-corrected chi connectivity index (χ3v) is 5.36. The number of hydrogen-bond donors (Lipinski definition) is 1. The number of hydrogen-bond acceptors (Lipinski definition) is 4. The van der Waals surface area contributed by atoms with Crippen molar-refractivity contribution in [2.45, 2.75) is 16.5 Å². The van der Waals surface area contributed by atoms with Gasteiger partial charge < -0.3 is 5.32 Å². The van der Waals surface area contributed by atoms with Crippen molar-refractivity contribution < 1.29 is 9.18 Å². The molecule has 0 unspecified atom stereocenters. The van der Waals surface area contributed by atoms with Crippen LogP contribution < -0.4 is 5.32 Å². The number of anilines is 1. The number of rotatable bonds is 5. The highest BCUT2D eigenvalue weighted by Crippen LogP contribution is 2.31. The van der Waals surface area contributed by atoms with Crippen LogP contribution in [-0.4, -0.2) is 16.1 Å². The first-order valence-electron chi connectivity index (χ1n) is 7.36. The van der Waals surface area contributed by atoms with Gasteiger partial charge in [-0.3, -0.25) is 4.79 Å². The van der Waals surface area contributed by atoms with Gasteiger partial charge in [0.05, 0.1) is 10.9 Å². The molecule has 0 saturated heterocycles. The lowest BCUT2D eigenvalue weighted by Crippen LogP contribution is -2.22. The van der Waals surface area contributed by atoms with Crippen LogP contribution in [0.3, 0.4) is 0 Å². The lowest BCUT2D eigenvalue weighted by atomic mass is 10.2. The molecule has 3 nitrogen and oxygen atoms in total. The SMILES string of the molecule is C[C@H](Sc1nc(-c2ccccc2)cs1)C(=O)Nc1cccc(F)c1. The molecule has 6 heteroatoms. The Labute approximate surface area is 148 Å². The number of nitrogens with zero attached hydrogens (tertiary/aromatic N) is 1. The second-order valence-electron chi connectivity index (χ2n) is 5.12. The van der Waals surface area contributed by atoms with Crippen LogP contribution in [0.2, 0.25) is 0 Å². The van der Waals surface area contributed by atoms with Gasteiger partial charge >= 0.3 is 0 Å². The number of thioether (sulfide) groups is 1. The Kier molecular flexibility index (Phi) is 5.27. The first kappa shape index (κ1) is 16.7. The van der Waals surface area contributed by atoms with Gasteiger partial charge in [0.25, 0.3) is 0 Å². The summed E-state index contributed by atoms with van der Waals surface area (Å²) in [5.41, 5.74) is 2.41. The number of aromatic nitrogens is 1. The van der Waals surface area contributed by atoms with Crippen LogP contribution >= 0.6 is 23.1 Å². The molecule has 0 fully saturated rings. The number of carbonyl (C=O) groups excluding carboxylic acids is 1. The fraction of sp³-hybridized carbons (Fsp3) is 0.111. The molecular formula is C18H15FN2OS2. The second-order valence-corrected chi connectivity index (χ2v) is 7.57. The van der Waals surface area contributed by atoms with Crippen LogP contribution in [0.25, 0.3) is 11.3 Å². The van der Waals surface area contributed by atoms with Gasteiger partial charge in [-0.05, 0) is 25.1 Å². The van der Waals surface area contributed by atoms with Gasteiger partial charge in [-0.15, -0.1) is 11.3 Å². The predicted octanol–water partition coefficient (Wildman–Crippen LogP) is 5.07. The highest BCUT2D eigenvalue weighted by atomic mass is 32.2. The number of amides is 1. The van der Waals surface area contributed by atoms with Crippen molar-refractivity contribution in [1.29, 1.82) is 0 Å². The molecule has 3 aromatic rings. The van der Waals surface area contributed by atoms with Crippen LogP contribution in [-0.2, 0) is 4.79 Å². The third-order valence-electron chi connectivity index (χ3n) is 3.29. The van der Waals surface area contributed by atoms with Crippen molar-refractivity contribution in [3.05, 3.63) is 65.8 Å². The Bertz CT molecular complexity index is 836. The van der Waals surface area contributed by atoms with Gasteiger partial charge in [-0.1, -0.05) is 48.2 Å². The average molecular weight is 358 g/mol. The molecule has 3 rings (SSSR count). The molecular weight excluding hydrogens is 343 g/mol. The quantitative estimate of drug-likeness (QED) is 0.648. The predicted molar refractivity (Wildman–Crippen MR) is 97.9 cm³/mol. The Hall–Kier alpha value is -2.18. The fourth-order valence-electron chi connectivity index (χ4n) is 2.07. The maximum Gasteiger partial charge on any atom is 0.237 e. The normalized spacial score (nSPS) is 11.9. The van der Waals surface area contributed by atoms with E-state index >= 15 is 0 Å². The summed E-state index contributed by atoms with van der Waals surface area (Å²) < 4.78 is 14.0. The number of carbonyl (C=O) groups is 1. The zero-order valence-electron chi connectivity index (χ0n) is 12.9. The summed E-state index contributed by atoms with van der Waals surface area (Å²) >= 11 is 2.90. The van der Waals surface area contributed by atoms with Crippen molar-refractivity contribution in [2.24, 2.45) is 0 Å². The molecule has 1 heterocycles. The lowest BCUT2D eigenvalue weighted by Gasteiger charge is -2.10. The number of thiazole rings is 1. The first-order chi connectivity index (χ1) is 11.6. The van der Waals surface area contributed by atoms with Crippen molar-refractivity contribution in [1.82, 2.24) is 4.98 Å². The summed E-state index contributed by atoms with van der Waals surface area (Å²) in [5.74, 6) is -0.553. The molecule has 2 aromatic carbocycles. The van der Waals surface area contributed by atoms with Crippen LogP contribution in [0.5, 0.6) is 0 Å². The van der Waals surface area contributed by atoms with Crippen LogP contribution in [0.1, 0.15) is 6.92 Å². The zero-order chi connectivity index (χ0) is 16.9. The minimum atomic E-state index is -0.375. The van der Waals surface area contributed by atoms with Gasteiger partial charge in [-0.2, -0.15) is 0 Å². The molecule has 0 aliphatic rings. The topological polar surface area (TPSA) is 42.0 Å². The van der Waals surface area contributed by atoms with E-state index in [0.717, 1.165) is 15.6 Å². The molecule has 24 heavy (non-hydrogen) atoms. The number of halogens is 1. The van der Waals surface area contributed by atoms with Gasteiger partial charge in [0.1, 0.15) is 5.82 Å². The first-order valence-corrected chi connectivity index (χ1v) is 9.12. The van der Waals surface area contributed by atoms with Gasteiger partial charge in [0.15, 0.2) is 4.34 Å². The van der Waals surface area contributed by atoms with E-state index in [0.29, 0.717) is 5.69 Å². The molecule has 122 valence electrons. The molecule has 0 radical (unpaired) electrons. The minimum absolute atomic E-state index is 0.179. The molecule has 0 spiro atoms. The van der Waals surface area contributed by atoms with Crippen LogP contribution in [0.4, 0.5) is 10.1 Å². The summed E-state index contributed by atoms with van der Waals surface area (Å²) in [6.07, 6.45) is 0. The molecule has 0 aliphatic carbocycles. The van der Waals surface area contributed by atoms with Crippen molar-refractivity contribution >= 4 is 34.7 Å². The van der Waals surface area contributed by atoms with E-state index in [1.165, 1.54) is 35.2 Å². The highest BCUT2D eigenvalue weighted by molar-refractivity contribution is 8.02. The molecule has 0 bridgehead atoms. The molecule has 1 atom stereocenters. The monoisotopic (exact) mass is 358 g/mol. The lowest BCUT2D eigenvalue weighted by molar-refractivity contribution is -0.115. The molecule has 1 N–H and O–H groups in total. The van der Waals surface area contributed by atoms with E-state index in [1.807, 2.05) is 42.6 Å². The summed E-state index contributed by atoms with van der Waals surface area (Å²) in [6, 6.07) is 15.8.